The summed E-state index contributed by atoms with van der Waals surface area (Å²) in [6.45, 7) is 0.259. The highest BCUT2D eigenvalue weighted by atomic mass is 16.8. The summed E-state index contributed by atoms with van der Waals surface area (Å²) in [4.78, 5) is 11.1. The Bertz CT molecular complexity index is 381. The van der Waals surface area contributed by atoms with Gasteiger partial charge in [0.2, 0.25) is 5.76 Å². The molecule has 17 heavy (non-hydrogen) atoms. The van der Waals surface area contributed by atoms with Crippen LogP contribution in [-0.2, 0) is 19.0 Å². The predicted octanol–water partition coefficient (Wildman–Crippen LogP) is 0.925. The van der Waals surface area contributed by atoms with Crippen LogP contribution in [0.4, 0.5) is 0 Å². The molecule has 2 fully saturated rings. The molecule has 1 saturated heterocycles. The quantitative estimate of drug-likeness (QED) is 0.665. The maximum absolute atomic E-state index is 11.1. The summed E-state index contributed by atoms with van der Waals surface area (Å²) in [7, 11) is 0. The number of hydrogen-bond donors (Lipinski definition) is 2. The molecule has 0 aromatic rings. The van der Waals surface area contributed by atoms with Gasteiger partial charge in [0, 0.05) is 12.8 Å². The predicted molar refractivity (Wildman–Crippen MR) is 54.2 cm³/mol. The lowest BCUT2D eigenvalue weighted by atomic mass is 10.2. The Labute approximate surface area is 97.8 Å². The van der Waals surface area contributed by atoms with Gasteiger partial charge in [0.15, 0.2) is 17.7 Å². The van der Waals surface area contributed by atoms with Gasteiger partial charge in [-0.1, -0.05) is 0 Å². The minimum atomic E-state index is -0.942. The van der Waals surface area contributed by atoms with Gasteiger partial charge in [-0.2, -0.15) is 0 Å². The first kappa shape index (κ1) is 10.9. The van der Waals surface area contributed by atoms with Crippen LogP contribution in [0.5, 0.6) is 0 Å². The second kappa shape index (κ2) is 3.61. The van der Waals surface area contributed by atoms with Crippen molar-refractivity contribution in [2.24, 2.45) is 0 Å². The van der Waals surface area contributed by atoms with Gasteiger partial charge in [-0.3, -0.25) is 0 Å². The minimum absolute atomic E-state index is 0.259. The van der Waals surface area contributed by atoms with Crippen LogP contribution < -0.4 is 0 Å². The van der Waals surface area contributed by atoms with Crippen molar-refractivity contribution in [1.82, 2.24) is 0 Å². The average Bonchev–Trinajstić information content (AvgIpc) is 2.99. The molecule has 2 aliphatic heterocycles. The number of carbonyl (C=O) groups excluding carboxylic acids is 1. The zero-order chi connectivity index (χ0) is 12.0. The van der Waals surface area contributed by atoms with Crippen molar-refractivity contribution in [1.29, 1.82) is 0 Å². The number of hydrogen-bond acceptors (Lipinski definition) is 6. The third-order valence-electron chi connectivity index (χ3n) is 3.52. The van der Waals surface area contributed by atoms with Crippen LogP contribution in [0, 0.1) is 0 Å². The number of carbonyl (C=O) groups is 1. The van der Waals surface area contributed by atoms with E-state index in [1.807, 2.05) is 0 Å². The lowest BCUT2D eigenvalue weighted by Crippen LogP contribution is -2.33. The molecular formula is C11H14O6. The molecule has 0 amide bonds. The number of aliphatic hydroxyl groups excluding tert-OH is 2. The first-order valence-electron chi connectivity index (χ1n) is 5.76. The number of aliphatic hydroxyl groups is 2. The smallest absolute Gasteiger partial charge is 0.377 e. The van der Waals surface area contributed by atoms with E-state index in [9.17, 15) is 15.0 Å². The highest BCUT2D eigenvalue weighted by molar-refractivity contribution is 5.89. The fourth-order valence-electron chi connectivity index (χ4n) is 2.62. The standard InChI is InChI=1S/C11H14O6/c12-7-8(13)10(14)16-9(7)6-5-15-11(17-6)3-1-2-4-11/h6,9,12-13H,1-5H2. The van der Waals surface area contributed by atoms with E-state index in [-0.39, 0.29) is 6.61 Å². The monoisotopic (exact) mass is 242 g/mol. The second-order valence-electron chi connectivity index (χ2n) is 4.64. The summed E-state index contributed by atoms with van der Waals surface area (Å²) in [6, 6.07) is 0. The van der Waals surface area contributed by atoms with Crippen molar-refractivity contribution in [3.8, 4) is 0 Å². The lowest BCUT2D eigenvalue weighted by molar-refractivity contribution is -0.177. The third kappa shape index (κ3) is 1.59. The molecule has 2 N–H and O–H groups in total. The van der Waals surface area contributed by atoms with Gasteiger partial charge in [-0.25, -0.2) is 4.79 Å². The summed E-state index contributed by atoms with van der Waals surface area (Å²) >= 11 is 0. The Balaban J connectivity index is 1.74. The van der Waals surface area contributed by atoms with Gasteiger partial charge in [0.1, 0.15) is 6.10 Å². The Kier molecular flexibility index (Phi) is 2.31. The number of ether oxygens (including phenoxy) is 3. The van der Waals surface area contributed by atoms with Crippen molar-refractivity contribution >= 4 is 5.97 Å². The van der Waals surface area contributed by atoms with Crippen LogP contribution in [0.2, 0.25) is 0 Å². The van der Waals surface area contributed by atoms with E-state index in [2.05, 4.69) is 0 Å². The molecule has 0 aromatic carbocycles. The van der Waals surface area contributed by atoms with Crippen LogP contribution in [0.15, 0.2) is 11.5 Å². The van der Waals surface area contributed by atoms with Crippen LogP contribution in [0.25, 0.3) is 0 Å². The summed E-state index contributed by atoms with van der Waals surface area (Å²) < 4.78 is 16.2. The number of esters is 1. The highest BCUT2D eigenvalue weighted by Gasteiger charge is 2.50. The molecule has 1 aliphatic carbocycles. The van der Waals surface area contributed by atoms with Crippen molar-refractivity contribution in [2.45, 2.75) is 43.7 Å². The van der Waals surface area contributed by atoms with E-state index < -0.39 is 35.5 Å². The van der Waals surface area contributed by atoms with E-state index in [0.29, 0.717) is 0 Å². The second-order valence-corrected chi connectivity index (χ2v) is 4.64. The van der Waals surface area contributed by atoms with Gasteiger partial charge in [-0.05, 0) is 12.8 Å². The van der Waals surface area contributed by atoms with Crippen molar-refractivity contribution in [3.05, 3.63) is 11.5 Å². The summed E-state index contributed by atoms with van der Waals surface area (Å²) in [5.74, 6) is -2.68. The summed E-state index contributed by atoms with van der Waals surface area (Å²) in [5, 5.41) is 18.8. The van der Waals surface area contributed by atoms with Crippen molar-refractivity contribution in [2.75, 3.05) is 6.61 Å². The normalized spacial score (nSPS) is 35.9. The lowest BCUT2D eigenvalue weighted by Gasteiger charge is -2.23. The molecule has 3 aliphatic rings. The SMILES string of the molecule is O=C1OC(C2COC3(CCCC3)O2)C(O)=C1O. The van der Waals surface area contributed by atoms with Gasteiger partial charge in [-0.15, -0.1) is 0 Å². The molecule has 6 nitrogen and oxygen atoms in total. The Morgan fingerprint density at radius 3 is 2.53 bits per heavy atom. The van der Waals surface area contributed by atoms with Crippen LogP contribution in [0.1, 0.15) is 25.7 Å². The van der Waals surface area contributed by atoms with Crippen molar-refractivity contribution in [3.63, 3.8) is 0 Å². The molecule has 6 heteroatoms. The van der Waals surface area contributed by atoms with Crippen molar-refractivity contribution < 1.29 is 29.2 Å². The van der Waals surface area contributed by atoms with E-state index in [1.165, 1.54) is 0 Å². The molecule has 3 rings (SSSR count). The minimum Gasteiger partial charge on any atom is -0.505 e. The van der Waals surface area contributed by atoms with E-state index >= 15 is 0 Å². The zero-order valence-electron chi connectivity index (χ0n) is 9.22. The van der Waals surface area contributed by atoms with E-state index in [0.717, 1.165) is 25.7 Å². The fraction of sp³-hybridized carbons (Fsp3) is 0.727. The molecule has 1 saturated carbocycles. The fourth-order valence-corrected chi connectivity index (χ4v) is 2.62. The molecule has 0 bridgehead atoms. The Morgan fingerprint density at radius 2 is 1.94 bits per heavy atom. The maximum Gasteiger partial charge on any atom is 0.377 e. The summed E-state index contributed by atoms with van der Waals surface area (Å²) in [6.07, 6.45) is 2.25. The molecule has 2 atom stereocenters. The Morgan fingerprint density at radius 1 is 1.24 bits per heavy atom. The molecule has 2 unspecified atom stereocenters. The third-order valence-corrected chi connectivity index (χ3v) is 3.52. The van der Waals surface area contributed by atoms with Gasteiger partial charge in [0.05, 0.1) is 6.61 Å². The van der Waals surface area contributed by atoms with Crippen LogP contribution in [-0.4, -0.2) is 40.8 Å². The van der Waals surface area contributed by atoms with Gasteiger partial charge < -0.3 is 24.4 Å². The highest BCUT2D eigenvalue weighted by Crippen LogP contribution is 2.41. The largest absolute Gasteiger partial charge is 0.505 e. The average molecular weight is 242 g/mol. The molecule has 0 radical (unpaired) electrons. The molecular weight excluding hydrogens is 228 g/mol. The van der Waals surface area contributed by atoms with Gasteiger partial charge >= 0.3 is 5.97 Å². The molecule has 94 valence electrons. The maximum atomic E-state index is 11.1. The van der Waals surface area contributed by atoms with Crippen LogP contribution in [0.3, 0.4) is 0 Å². The molecule has 0 aromatic heterocycles. The number of rotatable bonds is 1. The van der Waals surface area contributed by atoms with Crippen LogP contribution >= 0.6 is 0 Å². The van der Waals surface area contributed by atoms with Gasteiger partial charge in [0.25, 0.3) is 0 Å². The first-order valence-corrected chi connectivity index (χ1v) is 5.76. The first-order chi connectivity index (χ1) is 8.11. The zero-order valence-corrected chi connectivity index (χ0v) is 9.22. The topological polar surface area (TPSA) is 85.2 Å². The Hall–Kier alpha value is -1.27. The molecule has 1 spiro atoms. The van der Waals surface area contributed by atoms with E-state index in [4.69, 9.17) is 14.2 Å². The van der Waals surface area contributed by atoms with E-state index in [1.54, 1.807) is 0 Å². The summed E-state index contributed by atoms with van der Waals surface area (Å²) in [5.41, 5.74) is 0. The molecule has 2 heterocycles. The number of cyclic esters (lactones) is 1.